The van der Waals surface area contributed by atoms with Gasteiger partial charge in [-0.3, -0.25) is 0 Å². The lowest BCUT2D eigenvalue weighted by atomic mass is 10.1. The Labute approximate surface area is 111 Å². The van der Waals surface area contributed by atoms with E-state index in [9.17, 15) is 26.7 Å². The number of hydrogen-bond acceptors (Lipinski definition) is 3. The summed E-state index contributed by atoms with van der Waals surface area (Å²) in [4.78, 5) is 14.0. The summed E-state index contributed by atoms with van der Waals surface area (Å²) >= 11 is 2.73. The zero-order chi connectivity index (χ0) is 14.8. The van der Waals surface area contributed by atoms with Crippen molar-refractivity contribution in [1.29, 1.82) is 0 Å². The van der Waals surface area contributed by atoms with Gasteiger partial charge >= 0.3 is 12.3 Å². The van der Waals surface area contributed by atoms with Crippen LogP contribution in [0, 0.1) is 0 Å². The molecule has 1 rings (SSSR count). The molecule has 1 N–H and O–H groups in total. The van der Waals surface area contributed by atoms with E-state index in [1.165, 1.54) is 0 Å². The fourth-order valence-electron chi connectivity index (χ4n) is 1.20. The fourth-order valence-corrected chi connectivity index (χ4v) is 1.58. The third kappa shape index (κ3) is 4.01. The fraction of sp³-hybridized carbons (Fsp3) is 0.333. The van der Waals surface area contributed by atoms with Gasteiger partial charge in [-0.2, -0.15) is 0 Å². The predicted octanol–water partition coefficient (Wildman–Crippen LogP) is 3.51. The van der Waals surface area contributed by atoms with E-state index in [1.54, 1.807) is 0 Å². The highest BCUT2D eigenvalue weighted by Crippen LogP contribution is 2.33. The zero-order valence-corrected chi connectivity index (χ0v) is 10.4. The van der Waals surface area contributed by atoms with Crippen LogP contribution in [-0.2, 0) is 5.33 Å². The number of halogens is 6. The van der Waals surface area contributed by atoms with Gasteiger partial charge in [-0.1, -0.05) is 15.9 Å². The molecule has 4 nitrogen and oxygen atoms in total. The maximum absolute atomic E-state index is 12.5. The monoisotopic (exact) mass is 349 g/mol. The number of aromatic nitrogens is 1. The Morgan fingerprint density at radius 3 is 2.42 bits per heavy atom. The second kappa shape index (κ2) is 5.68. The Morgan fingerprint density at radius 1 is 1.47 bits per heavy atom. The first-order chi connectivity index (χ1) is 8.65. The number of aromatic carboxylic acids is 1. The molecule has 106 valence electrons. The highest BCUT2D eigenvalue weighted by Gasteiger charge is 2.35. The van der Waals surface area contributed by atoms with Crippen molar-refractivity contribution in [2.75, 3.05) is 0 Å². The van der Waals surface area contributed by atoms with Crippen LogP contribution in [0.1, 0.15) is 28.2 Å². The van der Waals surface area contributed by atoms with E-state index >= 15 is 0 Å². The molecule has 0 spiro atoms. The number of carboxylic acids is 1. The third-order valence-electron chi connectivity index (χ3n) is 1.86. The van der Waals surface area contributed by atoms with Crippen LogP contribution in [0.3, 0.4) is 0 Å². The van der Waals surface area contributed by atoms with E-state index in [-0.39, 0.29) is 5.33 Å². The molecule has 0 aliphatic carbocycles. The lowest BCUT2D eigenvalue weighted by molar-refractivity contribution is -0.275. The summed E-state index contributed by atoms with van der Waals surface area (Å²) < 4.78 is 64.9. The van der Waals surface area contributed by atoms with E-state index < -0.39 is 41.5 Å². The highest BCUT2D eigenvalue weighted by molar-refractivity contribution is 9.08. The van der Waals surface area contributed by atoms with Crippen LogP contribution in [-0.4, -0.2) is 22.4 Å². The molecular formula is C9H5BrF5NO3. The van der Waals surface area contributed by atoms with Crippen molar-refractivity contribution in [3.63, 3.8) is 0 Å². The lowest BCUT2D eigenvalue weighted by Gasteiger charge is -2.15. The molecule has 0 atom stereocenters. The molecule has 0 radical (unpaired) electrons. The summed E-state index contributed by atoms with van der Waals surface area (Å²) in [5, 5.41) is 8.38. The molecule has 0 saturated carbocycles. The van der Waals surface area contributed by atoms with Gasteiger partial charge in [0, 0.05) is 5.33 Å². The first-order valence-corrected chi connectivity index (χ1v) is 5.64. The van der Waals surface area contributed by atoms with Gasteiger partial charge in [-0.05, 0) is 6.07 Å². The Kier molecular flexibility index (Phi) is 4.66. The van der Waals surface area contributed by atoms with E-state index in [2.05, 4.69) is 25.7 Å². The number of ether oxygens (including phenoxy) is 1. The van der Waals surface area contributed by atoms with Crippen molar-refractivity contribution in [2.24, 2.45) is 0 Å². The van der Waals surface area contributed by atoms with Gasteiger partial charge in [0.05, 0.1) is 5.69 Å². The van der Waals surface area contributed by atoms with E-state index in [1.807, 2.05) is 0 Å². The summed E-state index contributed by atoms with van der Waals surface area (Å²) in [6, 6.07) is 0.347. The van der Waals surface area contributed by atoms with Crippen molar-refractivity contribution in [2.45, 2.75) is 18.1 Å². The summed E-state index contributed by atoms with van der Waals surface area (Å²) in [6.07, 6.45) is -8.27. The van der Waals surface area contributed by atoms with Crippen LogP contribution in [0.25, 0.3) is 0 Å². The quantitative estimate of drug-likeness (QED) is 0.667. The number of hydrogen-bond donors (Lipinski definition) is 1. The smallest absolute Gasteiger partial charge is 0.478 e. The molecule has 0 amide bonds. The molecule has 0 saturated heterocycles. The zero-order valence-electron chi connectivity index (χ0n) is 8.84. The van der Waals surface area contributed by atoms with Crippen LogP contribution >= 0.6 is 15.9 Å². The summed E-state index contributed by atoms with van der Waals surface area (Å²) in [5.41, 5.74) is -2.55. The number of carbonyl (C=O) groups is 1. The minimum absolute atomic E-state index is 0.347. The highest BCUT2D eigenvalue weighted by atomic mass is 79.9. The molecule has 0 aromatic carbocycles. The molecule has 1 aromatic heterocycles. The Hall–Kier alpha value is -1.45. The van der Waals surface area contributed by atoms with E-state index in [0.29, 0.717) is 6.07 Å². The first-order valence-electron chi connectivity index (χ1n) is 4.52. The molecule has 0 bridgehead atoms. The lowest BCUT2D eigenvalue weighted by Crippen LogP contribution is -2.21. The molecule has 1 heterocycles. The molecule has 0 aliphatic heterocycles. The van der Waals surface area contributed by atoms with Crippen molar-refractivity contribution in [3.8, 4) is 5.75 Å². The number of nitrogens with zero attached hydrogens (tertiary/aromatic N) is 1. The second-order valence-electron chi connectivity index (χ2n) is 3.16. The van der Waals surface area contributed by atoms with Gasteiger partial charge in [0.25, 0.3) is 6.43 Å². The topological polar surface area (TPSA) is 59.4 Å². The number of rotatable bonds is 4. The minimum Gasteiger partial charge on any atom is -0.478 e. The average Bonchev–Trinajstić information content (AvgIpc) is 2.26. The van der Waals surface area contributed by atoms with Crippen LogP contribution in [0.4, 0.5) is 22.0 Å². The van der Waals surface area contributed by atoms with Crippen LogP contribution < -0.4 is 4.74 Å². The summed E-state index contributed by atoms with van der Waals surface area (Å²) in [5.74, 6) is -2.94. The largest absolute Gasteiger partial charge is 0.573 e. The van der Waals surface area contributed by atoms with Crippen molar-refractivity contribution >= 4 is 21.9 Å². The Morgan fingerprint density at radius 2 is 2.05 bits per heavy atom. The van der Waals surface area contributed by atoms with Gasteiger partial charge in [-0.25, -0.2) is 18.6 Å². The van der Waals surface area contributed by atoms with Gasteiger partial charge in [0.15, 0.2) is 5.75 Å². The SMILES string of the molecule is O=C(O)c1cc(C(F)F)nc(CBr)c1OC(F)(F)F. The number of carboxylic acid groups (broad SMARTS) is 1. The van der Waals surface area contributed by atoms with Gasteiger partial charge in [0.1, 0.15) is 11.3 Å². The molecule has 19 heavy (non-hydrogen) atoms. The van der Waals surface area contributed by atoms with E-state index in [0.717, 1.165) is 0 Å². The van der Waals surface area contributed by atoms with Crippen molar-refractivity contribution < 1.29 is 36.6 Å². The standard InChI is InChI=1S/C9H5BrF5NO3/c10-2-5-6(19-9(13,14)15)3(8(17)18)1-4(16-5)7(11)12/h1,7H,2H2,(H,17,18). The van der Waals surface area contributed by atoms with Gasteiger partial charge in [-0.15, -0.1) is 13.2 Å². The first kappa shape index (κ1) is 15.6. The molecular weight excluding hydrogens is 345 g/mol. The number of alkyl halides is 6. The summed E-state index contributed by atoms with van der Waals surface area (Å²) in [6.45, 7) is 0. The molecule has 0 unspecified atom stereocenters. The molecule has 1 aromatic rings. The van der Waals surface area contributed by atoms with Crippen molar-refractivity contribution in [3.05, 3.63) is 23.0 Å². The van der Waals surface area contributed by atoms with Crippen LogP contribution in [0.15, 0.2) is 6.07 Å². The Bertz CT molecular complexity index is 491. The van der Waals surface area contributed by atoms with Crippen molar-refractivity contribution in [1.82, 2.24) is 4.98 Å². The minimum atomic E-state index is -5.16. The third-order valence-corrected chi connectivity index (χ3v) is 2.39. The maximum Gasteiger partial charge on any atom is 0.573 e. The molecule has 0 fully saturated rings. The normalized spacial score (nSPS) is 11.7. The van der Waals surface area contributed by atoms with Crippen LogP contribution in [0.5, 0.6) is 5.75 Å². The second-order valence-corrected chi connectivity index (χ2v) is 3.72. The van der Waals surface area contributed by atoms with Gasteiger partial charge in [0.2, 0.25) is 0 Å². The summed E-state index contributed by atoms with van der Waals surface area (Å²) in [7, 11) is 0. The molecule has 0 aliphatic rings. The predicted molar refractivity (Wildman–Crippen MR) is 55.5 cm³/mol. The van der Waals surface area contributed by atoms with Gasteiger partial charge < -0.3 is 9.84 Å². The van der Waals surface area contributed by atoms with E-state index in [4.69, 9.17) is 5.11 Å². The average molecular weight is 350 g/mol. The number of pyridine rings is 1. The molecule has 10 heteroatoms. The Balaban J connectivity index is 3.45. The maximum atomic E-state index is 12.5. The van der Waals surface area contributed by atoms with Crippen LogP contribution in [0.2, 0.25) is 0 Å².